The van der Waals surface area contributed by atoms with Gasteiger partial charge >= 0.3 is 6.03 Å². The molecule has 0 spiro atoms. The molecule has 3 aliphatic rings. The summed E-state index contributed by atoms with van der Waals surface area (Å²) in [4.78, 5) is 11.0. The SMILES string of the molecule is O=C1NN=C2C(=CC3CCC2N3)N1. The molecule has 0 radical (unpaired) electrons. The molecule has 2 unspecified atom stereocenters. The van der Waals surface area contributed by atoms with Crippen molar-refractivity contribution < 1.29 is 4.79 Å². The molecule has 0 aromatic rings. The van der Waals surface area contributed by atoms with Gasteiger partial charge in [0.05, 0.1) is 11.7 Å². The summed E-state index contributed by atoms with van der Waals surface area (Å²) in [6.07, 6.45) is 4.27. The molecule has 0 aliphatic carbocycles. The van der Waals surface area contributed by atoms with Gasteiger partial charge in [-0.1, -0.05) is 0 Å². The van der Waals surface area contributed by atoms with Crippen molar-refractivity contribution >= 4 is 11.7 Å². The van der Waals surface area contributed by atoms with Crippen molar-refractivity contribution in [3.63, 3.8) is 0 Å². The van der Waals surface area contributed by atoms with Gasteiger partial charge in [0.2, 0.25) is 0 Å². The van der Waals surface area contributed by atoms with Crippen LogP contribution in [0, 0.1) is 0 Å². The molecule has 5 heteroatoms. The number of carbonyl (C=O) groups is 1. The van der Waals surface area contributed by atoms with E-state index >= 15 is 0 Å². The number of urea groups is 1. The van der Waals surface area contributed by atoms with Crippen molar-refractivity contribution in [3.8, 4) is 0 Å². The van der Waals surface area contributed by atoms with Gasteiger partial charge in [-0.25, -0.2) is 10.2 Å². The fraction of sp³-hybridized carbons (Fsp3) is 0.500. The van der Waals surface area contributed by atoms with Crippen LogP contribution in [0.1, 0.15) is 12.8 Å². The second-order valence-corrected chi connectivity index (χ2v) is 3.55. The lowest BCUT2D eigenvalue weighted by atomic mass is 10.1. The number of amides is 2. The molecule has 1 saturated heterocycles. The van der Waals surface area contributed by atoms with Crippen LogP contribution in [0.5, 0.6) is 0 Å². The molecule has 0 aromatic heterocycles. The molecule has 2 bridgehead atoms. The average Bonchev–Trinajstić information content (AvgIpc) is 2.48. The quantitative estimate of drug-likeness (QED) is 0.475. The number of fused-ring (bicyclic) bond motifs is 4. The van der Waals surface area contributed by atoms with Crippen LogP contribution in [0.2, 0.25) is 0 Å². The number of nitrogens with one attached hydrogen (secondary N) is 3. The summed E-state index contributed by atoms with van der Waals surface area (Å²) in [5.41, 5.74) is 4.24. The number of carbonyl (C=O) groups excluding carboxylic acids is 1. The van der Waals surface area contributed by atoms with E-state index in [0.29, 0.717) is 12.1 Å². The van der Waals surface area contributed by atoms with Crippen molar-refractivity contribution in [1.29, 1.82) is 0 Å². The van der Waals surface area contributed by atoms with Crippen LogP contribution in [0.25, 0.3) is 0 Å². The molecule has 13 heavy (non-hydrogen) atoms. The maximum Gasteiger partial charge on any atom is 0.339 e. The van der Waals surface area contributed by atoms with E-state index in [1.165, 1.54) is 0 Å². The Kier molecular flexibility index (Phi) is 1.26. The molecule has 3 aliphatic heterocycles. The number of hydrogen-bond donors (Lipinski definition) is 3. The first-order valence-corrected chi connectivity index (χ1v) is 4.46. The van der Waals surface area contributed by atoms with E-state index in [-0.39, 0.29) is 6.03 Å². The van der Waals surface area contributed by atoms with Gasteiger partial charge in [-0.3, -0.25) is 0 Å². The van der Waals surface area contributed by atoms with E-state index in [9.17, 15) is 4.79 Å². The fourth-order valence-electron chi connectivity index (χ4n) is 2.10. The number of hydrogen-bond acceptors (Lipinski definition) is 3. The molecule has 3 rings (SSSR count). The predicted octanol–water partition coefficient (Wildman–Crippen LogP) is -0.327. The number of hydrazone groups is 1. The first kappa shape index (κ1) is 7.08. The van der Waals surface area contributed by atoms with E-state index in [1.807, 2.05) is 6.08 Å². The highest BCUT2D eigenvalue weighted by Crippen LogP contribution is 2.23. The molecule has 1 fully saturated rings. The molecular weight excluding hydrogens is 168 g/mol. The Balaban J connectivity index is 2.04. The lowest BCUT2D eigenvalue weighted by molar-refractivity contribution is 0.243. The minimum atomic E-state index is -0.240. The van der Waals surface area contributed by atoms with Gasteiger partial charge in [0.1, 0.15) is 5.71 Å². The largest absolute Gasteiger partial charge is 0.339 e. The van der Waals surface area contributed by atoms with E-state index in [4.69, 9.17) is 0 Å². The van der Waals surface area contributed by atoms with Gasteiger partial charge in [-0.15, -0.1) is 0 Å². The van der Waals surface area contributed by atoms with Gasteiger partial charge < -0.3 is 10.6 Å². The Bertz CT molecular complexity index is 333. The van der Waals surface area contributed by atoms with Gasteiger partial charge in [0, 0.05) is 6.04 Å². The Morgan fingerprint density at radius 2 is 2.38 bits per heavy atom. The Morgan fingerprint density at radius 3 is 3.31 bits per heavy atom. The van der Waals surface area contributed by atoms with E-state index in [0.717, 1.165) is 24.3 Å². The molecule has 68 valence electrons. The molecule has 3 N–H and O–H groups in total. The summed E-state index contributed by atoms with van der Waals surface area (Å²) in [6, 6.07) is 0.492. The summed E-state index contributed by atoms with van der Waals surface area (Å²) < 4.78 is 0. The first-order valence-electron chi connectivity index (χ1n) is 4.46. The van der Waals surface area contributed by atoms with Gasteiger partial charge in [-0.05, 0) is 18.9 Å². The third-order valence-electron chi connectivity index (χ3n) is 2.68. The smallest absolute Gasteiger partial charge is 0.305 e. The van der Waals surface area contributed by atoms with E-state index < -0.39 is 0 Å². The Labute approximate surface area is 75.3 Å². The van der Waals surface area contributed by atoms with Crippen LogP contribution in [0.3, 0.4) is 0 Å². The van der Waals surface area contributed by atoms with Crippen molar-refractivity contribution in [2.45, 2.75) is 24.9 Å². The van der Waals surface area contributed by atoms with E-state index in [2.05, 4.69) is 21.2 Å². The second-order valence-electron chi connectivity index (χ2n) is 3.55. The Hall–Kier alpha value is -1.36. The zero-order chi connectivity index (χ0) is 8.84. The van der Waals surface area contributed by atoms with Crippen molar-refractivity contribution in [1.82, 2.24) is 16.1 Å². The maximum absolute atomic E-state index is 11.0. The highest BCUT2D eigenvalue weighted by Gasteiger charge is 2.35. The molecule has 2 amide bonds. The maximum atomic E-state index is 11.0. The highest BCUT2D eigenvalue weighted by atomic mass is 16.2. The average molecular weight is 178 g/mol. The van der Waals surface area contributed by atoms with Crippen LogP contribution >= 0.6 is 0 Å². The summed E-state index contributed by atoms with van der Waals surface area (Å²) in [7, 11) is 0. The molecule has 5 nitrogen and oxygen atoms in total. The minimum Gasteiger partial charge on any atom is -0.305 e. The highest BCUT2D eigenvalue weighted by molar-refractivity contribution is 6.09. The van der Waals surface area contributed by atoms with Crippen LogP contribution < -0.4 is 16.1 Å². The van der Waals surface area contributed by atoms with Gasteiger partial charge in [0.15, 0.2) is 0 Å². The van der Waals surface area contributed by atoms with Crippen molar-refractivity contribution in [2.24, 2.45) is 5.10 Å². The van der Waals surface area contributed by atoms with Gasteiger partial charge in [-0.2, -0.15) is 5.10 Å². The molecule has 0 aromatic carbocycles. The predicted molar refractivity (Wildman–Crippen MR) is 47.1 cm³/mol. The molecule has 0 saturated carbocycles. The minimum absolute atomic E-state index is 0.240. The molecule has 2 atom stereocenters. The fourth-order valence-corrected chi connectivity index (χ4v) is 2.10. The van der Waals surface area contributed by atoms with Gasteiger partial charge in [0.25, 0.3) is 0 Å². The monoisotopic (exact) mass is 178 g/mol. The summed E-state index contributed by atoms with van der Waals surface area (Å²) in [5.74, 6) is 0. The van der Waals surface area contributed by atoms with Crippen LogP contribution in [-0.4, -0.2) is 23.8 Å². The third-order valence-corrected chi connectivity index (χ3v) is 2.68. The van der Waals surface area contributed by atoms with Crippen LogP contribution in [-0.2, 0) is 0 Å². The van der Waals surface area contributed by atoms with E-state index in [1.54, 1.807) is 0 Å². The zero-order valence-electron chi connectivity index (χ0n) is 7.00. The number of rotatable bonds is 0. The summed E-state index contributed by atoms with van der Waals surface area (Å²) in [6.45, 7) is 0. The Morgan fingerprint density at radius 1 is 1.46 bits per heavy atom. The lowest BCUT2D eigenvalue weighted by Gasteiger charge is -2.26. The lowest BCUT2D eigenvalue weighted by Crippen LogP contribution is -2.50. The van der Waals surface area contributed by atoms with Crippen molar-refractivity contribution in [2.75, 3.05) is 0 Å². The number of nitrogens with zero attached hydrogens (tertiary/aromatic N) is 1. The normalized spacial score (nSPS) is 35.5. The van der Waals surface area contributed by atoms with Crippen LogP contribution in [0.4, 0.5) is 4.79 Å². The third kappa shape index (κ3) is 0.968. The molecule has 3 heterocycles. The van der Waals surface area contributed by atoms with Crippen LogP contribution in [0.15, 0.2) is 16.9 Å². The summed E-state index contributed by atoms with van der Waals surface area (Å²) in [5, 5.41) is 10.2. The molecular formula is C8H10N4O. The standard InChI is InChI=1S/C8H10N4O/c13-8-10-6-3-4-1-2-5(9-4)7(6)11-12-8/h3-5,9H,1-2H2,(H2,10,12,13). The van der Waals surface area contributed by atoms with Crippen molar-refractivity contribution in [3.05, 3.63) is 11.8 Å². The summed E-state index contributed by atoms with van der Waals surface area (Å²) >= 11 is 0. The topological polar surface area (TPSA) is 65.5 Å². The first-order chi connectivity index (χ1) is 6.33. The second kappa shape index (κ2) is 2.32. The zero-order valence-corrected chi connectivity index (χ0v) is 7.00.